The van der Waals surface area contributed by atoms with Crippen molar-refractivity contribution in [3.8, 4) is 5.75 Å². The second-order valence-corrected chi connectivity index (χ2v) is 6.63. The fourth-order valence-corrected chi connectivity index (χ4v) is 2.20. The van der Waals surface area contributed by atoms with Crippen LogP contribution in [0.15, 0.2) is 22.6 Å². The zero-order valence-corrected chi connectivity index (χ0v) is 13.5. The third-order valence-electron chi connectivity index (χ3n) is 3.80. The molecule has 0 atom stereocenters. The van der Waals surface area contributed by atoms with E-state index in [-0.39, 0.29) is 11.3 Å². The molecule has 0 aliphatic carbocycles. The largest absolute Gasteiger partial charge is 0.507 e. The van der Waals surface area contributed by atoms with Crippen molar-refractivity contribution in [2.45, 2.75) is 38.9 Å². The minimum atomic E-state index is -0.571. The van der Waals surface area contributed by atoms with Gasteiger partial charge in [-0.3, -0.25) is 0 Å². The number of aromatic hydroxyl groups is 1. The first-order valence-electron chi connectivity index (χ1n) is 6.35. The molecule has 1 saturated heterocycles. The van der Waals surface area contributed by atoms with Crippen LogP contribution in [0.25, 0.3) is 6.08 Å². The first-order valence-corrected chi connectivity index (χ1v) is 7.14. The van der Waals surface area contributed by atoms with Crippen LogP contribution < -0.4 is 0 Å². The van der Waals surface area contributed by atoms with Crippen LogP contribution in [-0.4, -0.2) is 23.4 Å². The number of hydrogen-bond acceptors (Lipinski definition) is 3. The van der Waals surface area contributed by atoms with Gasteiger partial charge in [-0.2, -0.15) is 0 Å². The van der Waals surface area contributed by atoms with Gasteiger partial charge in [0.25, 0.3) is 0 Å². The van der Waals surface area contributed by atoms with E-state index < -0.39 is 24.1 Å². The fraction of sp³-hybridized carbons (Fsp3) is 0.429. The van der Waals surface area contributed by atoms with Gasteiger partial charge >= 0.3 is 7.12 Å². The molecule has 3 nitrogen and oxygen atoms in total. The molecule has 1 heterocycles. The van der Waals surface area contributed by atoms with Crippen LogP contribution in [-0.2, 0) is 9.31 Å². The van der Waals surface area contributed by atoms with Gasteiger partial charge in [0, 0.05) is 0 Å². The van der Waals surface area contributed by atoms with Gasteiger partial charge in [0.05, 0.1) is 21.2 Å². The van der Waals surface area contributed by atoms with Gasteiger partial charge in [-0.05, 0) is 55.8 Å². The van der Waals surface area contributed by atoms with Crippen molar-refractivity contribution < 1.29 is 18.8 Å². The molecule has 0 unspecified atom stereocenters. The lowest BCUT2D eigenvalue weighted by Gasteiger charge is -2.32. The first-order chi connectivity index (χ1) is 9.14. The number of phenols is 1. The van der Waals surface area contributed by atoms with Crippen LogP contribution >= 0.6 is 15.9 Å². The number of rotatable bonds is 2. The van der Waals surface area contributed by atoms with Crippen LogP contribution in [0.2, 0.25) is 0 Å². The number of benzene rings is 1. The van der Waals surface area contributed by atoms with Crippen LogP contribution in [0.4, 0.5) is 4.39 Å². The SMILES string of the molecule is CC1(C)OB(/C=C/c2c(O)ccc(Br)c2F)OC1(C)C. The third-order valence-corrected chi connectivity index (χ3v) is 4.41. The second kappa shape index (κ2) is 5.17. The summed E-state index contributed by atoms with van der Waals surface area (Å²) >= 11 is 3.09. The monoisotopic (exact) mass is 342 g/mol. The highest BCUT2D eigenvalue weighted by molar-refractivity contribution is 9.10. The molecule has 1 aliphatic heterocycles. The maximum atomic E-state index is 13.9. The second-order valence-electron chi connectivity index (χ2n) is 5.78. The Morgan fingerprint density at radius 2 is 1.75 bits per heavy atom. The molecule has 0 spiro atoms. The number of phenolic OH excluding ortho intramolecular Hbond substituents is 1. The Kier molecular flexibility index (Phi) is 4.02. The molecule has 20 heavy (non-hydrogen) atoms. The lowest BCUT2D eigenvalue weighted by atomic mass is 9.89. The van der Waals surface area contributed by atoms with Crippen molar-refractivity contribution in [3.05, 3.63) is 34.0 Å². The number of halogens is 2. The maximum absolute atomic E-state index is 13.9. The minimum absolute atomic E-state index is 0.106. The third kappa shape index (κ3) is 2.78. The van der Waals surface area contributed by atoms with Crippen molar-refractivity contribution in [1.82, 2.24) is 0 Å². The van der Waals surface area contributed by atoms with Crippen molar-refractivity contribution in [1.29, 1.82) is 0 Å². The molecule has 2 rings (SSSR count). The highest BCUT2D eigenvalue weighted by Gasteiger charge is 2.50. The summed E-state index contributed by atoms with van der Waals surface area (Å²) < 4.78 is 25.7. The molecule has 1 aromatic carbocycles. The van der Waals surface area contributed by atoms with Gasteiger partial charge in [-0.25, -0.2) is 4.39 Å². The average Bonchev–Trinajstić information content (AvgIpc) is 2.53. The summed E-state index contributed by atoms with van der Waals surface area (Å²) in [4.78, 5) is 0. The normalized spacial score (nSPS) is 20.8. The summed E-state index contributed by atoms with van der Waals surface area (Å²) in [6.07, 6.45) is 1.47. The molecule has 0 saturated carbocycles. The highest BCUT2D eigenvalue weighted by atomic mass is 79.9. The zero-order chi connectivity index (χ0) is 15.1. The van der Waals surface area contributed by atoms with E-state index in [1.54, 1.807) is 5.98 Å². The van der Waals surface area contributed by atoms with Crippen molar-refractivity contribution in [3.63, 3.8) is 0 Å². The van der Waals surface area contributed by atoms with Crippen LogP contribution in [0.5, 0.6) is 5.75 Å². The molecule has 1 aromatic rings. The Balaban J connectivity index is 2.22. The highest BCUT2D eigenvalue weighted by Crippen LogP contribution is 2.37. The van der Waals surface area contributed by atoms with Crippen molar-refractivity contribution >= 4 is 29.1 Å². The van der Waals surface area contributed by atoms with Gasteiger partial charge in [-0.15, -0.1) is 0 Å². The van der Waals surface area contributed by atoms with E-state index in [0.717, 1.165) is 0 Å². The molecule has 6 heteroatoms. The van der Waals surface area contributed by atoms with Crippen LogP contribution in [0.1, 0.15) is 33.3 Å². The molecular weight excluding hydrogens is 326 g/mol. The summed E-state index contributed by atoms with van der Waals surface area (Å²) in [6, 6.07) is 2.88. The van der Waals surface area contributed by atoms with Gasteiger partial charge in [0.15, 0.2) is 0 Å². The molecule has 0 bridgehead atoms. The fourth-order valence-electron chi connectivity index (χ4n) is 1.86. The average molecular weight is 343 g/mol. The topological polar surface area (TPSA) is 38.7 Å². The summed E-state index contributed by atoms with van der Waals surface area (Å²) in [5.41, 5.74) is -0.784. The van der Waals surface area contributed by atoms with Gasteiger partial charge < -0.3 is 14.4 Å². The van der Waals surface area contributed by atoms with E-state index in [0.29, 0.717) is 4.47 Å². The van der Waals surface area contributed by atoms with Gasteiger partial charge in [0.1, 0.15) is 11.6 Å². The lowest BCUT2D eigenvalue weighted by Crippen LogP contribution is -2.41. The van der Waals surface area contributed by atoms with Gasteiger partial charge in [0.2, 0.25) is 0 Å². The zero-order valence-electron chi connectivity index (χ0n) is 11.9. The van der Waals surface area contributed by atoms with E-state index in [1.807, 2.05) is 27.7 Å². The van der Waals surface area contributed by atoms with E-state index in [2.05, 4.69) is 15.9 Å². The molecule has 108 valence electrons. The molecule has 0 amide bonds. The molecule has 0 radical (unpaired) electrons. The van der Waals surface area contributed by atoms with Crippen LogP contribution in [0.3, 0.4) is 0 Å². The van der Waals surface area contributed by atoms with Crippen molar-refractivity contribution in [2.75, 3.05) is 0 Å². The smallest absolute Gasteiger partial charge is 0.487 e. The van der Waals surface area contributed by atoms with Gasteiger partial charge in [-0.1, -0.05) is 12.1 Å². The molecule has 1 aliphatic rings. The predicted octanol–water partition coefficient (Wildman–Crippen LogP) is 3.94. The number of hydrogen-bond donors (Lipinski definition) is 1. The van der Waals surface area contributed by atoms with E-state index in [9.17, 15) is 9.50 Å². The maximum Gasteiger partial charge on any atom is 0.487 e. The molecule has 1 N–H and O–H groups in total. The summed E-state index contributed by atoms with van der Waals surface area (Å²) in [5, 5.41) is 9.70. The molecule has 1 fully saturated rings. The Labute approximate surface area is 127 Å². The van der Waals surface area contributed by atoms with Crippen LogP contribution in [0, 0.1) is 5.82 Å². The first kappa shape index (κ1) is 15.5. The predicted molar refractivity (Wildman–Crippen MR) is 80.9 cm³/mol. The van der Waals surface area contributed by atoms with Crippen molar-refractivity contribution in [2.24, 2.45) is 0 Å². The minimum Gasteiger partial charge on any atom is -0.507 e. The summed E-state index contributed by atoms with van der Waals surface area (Å²) in [5.74, 6) is 0.956. The summed E-state index contributed by atoms with van der Waals surface area (Å²) in [6.45, 7) is 7.77. The lowest BCUT2D eigenvalue weighted by molar-refractivity contribution is 0.00578. The van der Waals surface area contributed by atoms with E-state index >= 15 is 0 Å². The Bertz CT molecular complexity index is 542. The van der Waals surface area contributed by atoms with E-state index in [4.69, 9.17) is 9.31 Å². The molecule has 0 aromatic heterocycles. The van der Waals surface area contributed by atoms with E-state index in [1.165, 1.54) is 18.2 Å². The Morgan fingerprint density at radius 1 is 1.20 bits per heavy atom. The Hall–Kier alpha value is -0.845. The quantitative estimate of drug-likeness (QED) is 0.827. The summed E-state index contributed by atoms with van der Waals surface area (Å²) in [7, 11) is -0.571. The molecular formula is C14H17BBrFO3. The standard InChI is InChI=1S/C14H17BBrFO3/c1-13(2)14(3,4)20-15(19-13)8-7-9-11(18)6-5-10(16)12(9)17/h5-8,18H,1-4H3/b8-7+. The Morgan fingerprint density at radius 3 is 2.30 bits per heavy atom.